The third-order valence-corrected chi connectivity index (χ3v) is 2.65. The molecule has 1 heterocycles. The summed E-state index contributed by atoms with van der Waals surface area (Å²) in [6.07, 6.45) is 3.15. The van der Waals surface area contributed by atoms with Crippen LogP contribution in [0.2, 0.25) is 5.02 Å². The topological polar surface area (TPSA) is 51.8 Å². The second-order valence-electron chi connectivity index (χ2n) is 3.73. The Balaban J connectivity index is 2.36. The molecule has 1 unspecified atom stereocenters. The van der Waals surface area contributed by atoms with E-state index in [1.807, 2.05) is 6.92 Å². The number of hydrogen-bond donors (Lipinski definition) is 1. The third-order valence-electron chi connectivity index (χ3n) is 2.42. The van der Waals surface area contributed by atoms with Gasteiger partial charge in [-0.15, -0.1) is 0 Å². The van der Waals surface area contributed by atoms with Crippen molar-refractivity contribution < 1.29 is 4.39 Å². The van der Waals surface area contributed by atoms with Crippen LogP contribution < -0.4 is 5.73 Å². The quantitative estimate of drug-likeness (QED) is 0.893. The smallest absolute Gasteiger partial charge is 0.129 e. The summed E-state index contributed by atoms with van der Waals surface area (Å²) in [6.45, 7) is 1.82. The average molecular weight is 252 g/mol. The van der Waals surface area contributed by atoms with Crippen molar-refractivity contribution in [3.63, 3.8) is 0 Å². The Morgan fingerprint density at radius 2 is 2.06 bits per heavy atom. The number of hydrogen-bond acceptors (Lipinski definition) is 3. The van der Waals surface area contributed by atoms with E-state index in [0.717, 1.165) is 5.69 Å². The van der Waals surface area contributed by atoms with Crippen LogP contribution in [0.15, 0.2) is 30.6 Å². The summed E-state index contributed by atoms with van der Waals surface area (Å²) in [6, 6.07) is 3.75. The van der Waals surface area contributed by atoms with E-state index in [1.54, 1.807) is 24.5 Å². The van der Waals surface area contributed by atoms with Gasteiger partial charge >= 0.3 is 0 Å². The van der Waals surface area contributed by atoms with Gasteiger partial charge in [0.15, 0.2) is 0 Å². The van der Waals surface area contributed by atoms with Gasteiger partial charge in [-0.2, -0.15) is 0 Å². The van der Waals surface area contributed by atoms with E-state index in [1.165, 1.54) is 6.07 Å². The molecule has 1 atom stereocenters. The molecule has 0 saturated heterocycles. The molecule has 0 aliphatic carbocycles. The van der Waals surface area contributed by atoms with Crippen molar-refractivity contribution in [2.45, 2.75) is 13.0 Å². The highest BCUT2D eigenvalue weighted by atomic mass is 35.5. The second-order valence-corrected chi connectivity index (χ2v) is 4.16. The SMILES string of the molecule is Cc1cnc(C(N)c2ccc(Cl)cc2F)cn1. The minimum absolute atomic E-state index is 0.341. The van der Waals surface area contributed by atoms with Gasteiger partial charge in [0.05, 0.1) is 23.6 Å². The Bertz CT molecular complexity index is 528. The third kappa shape index (κ3) is 2.60. The van der Waals surface area contributed by atoms with Crippen LogP contribution in [-0.2, 0) is 0 Å². The maximum atomic E-state index is 13.7. The fourth-order valence-corrected chi connectivity index (χ4v) is 1.64. The summed E-state index contributed by atoms with van der Waals surface area (Å²) in [7, 11) is 0. The largest absolute Gasteiger partial charge is 0.319 e. The molecule has 1 aromatic carbocycles. The minimum atomic E-state index is -0.639. The predicted molar refractivity (Wildman–Crippen MR) is 64.2 cm³/mol. The molecular formula is C12H11ClFN3. The molecule has 0 saturated carbocycles. The van der Waals surface area contributed by atoms with Crippen LogP contribution in [0.4, 0.5) is 4.39 Å². The monoisotopic (exact) mass is 251 g/mol. The molecule has 0 spiro atoms. The maximum Gasteiger partial charge on any atom is 0.129 e. The lowest BCUT2D eigenvalue weighted by atomic mass is 10.0. The van der Waals surface area contributed by atoms with Gasteiger partial charge in [0, 0.05) is 16.8 Å². The Hall–Kier alpha value is -1.52. The molecule has 1 aromatic heterocycles. The highest BCUT2D eigenvalue weighted by molar-refractivity contribution is 6.30. The van der Waals surface area contributed by atoms with Crippen molar-refractivity contribution in [3.8, 4) is 0 Å². The fourth-order valence-electron chi connectivity index (χ4n) is 1.48. The van der Waals surface area contributed by atoms with Crippen LogP contribution in [0.1, 0.15) is 23.0 Å². The Kier molecular flexibility index (Phi) is 3.36. The van der Waals surface area contributed by atoms with Crippen LogP contribution in [0, 0.1) is 12.7 Å². The lowest BCUT2D eigenvalue weighted by Gasteiger charge is -2.12. The van der Waals surface area contributed by atoms with Crippen molar-refractivity contribution in [2.75, 3.05) is 0 Å². The maximum absolute atomic E-state index is 13.7. The Morgan fingerprint density at radius 1 is 1.29 bits per heavy atom. The molecule has 0 radical (unpaired) electrons. The zero-order chi connectivity index (χ0) is 12.4. The molecule has 3 nitrogen and oxygen atoms in total. The van der Waals surface area contributed by atoms with Gasteiger partial charge < -0.3 is 5.73 Å². The van der Waals surface area contributed by atoms with E-state index < -0.39 is 11.9 Å². The van der Waals surface area contributed by atoms with E-state index >= 15 is 0 Å². The van der Waals surface area contributed by atoms with Crippen molar-refractivity contribution in [1.29, 1.82) is 0 Å². The molecule has 0 amide bonds. The highest BCUT2D eigenvalue weighted by Gasteiger charge is 2.15. The van der Waals surface area contributed by atoms with Crippen molar-refractivity contribution in [1.82, 2.24) is 9.97 Å². The van der Waals surface area contributed by atoms with E-state index in [9.17, 15) is 4.39 Å². The van der Waals surface area contributed by atoms with Gasteiger partial charge in [-0.25, -0.2) is 4.39 Å². The van der Waals surface area contributed by atoms with Crippen LogP contribution in [-0.4, -0.2) is 9.97 Å². The Morgan fingerprint density at radius 3 is 2.65 bits per heavy atom. The summed E-state index contributed by atoms with van der Waals surface area (Å²) in [5.41, 5.74) is 7.60. The molecule has 2 aromatic rings. The summed E-state index contributed by atoms with van der Waals surface area (Å²) >= 11 is 5.68. The molecule has 0 aliphatic heterocycles. The van der Waals surface area contributed by atoms with Crippen molar-refractivity contribution in [2.24, 2.45) is 5.73 Å². The predicted octanol–water partition coefficient (Wildman–Crippen LogP) is 2.63. The molecule has 2 N–H and O–H groups in total. The molecular weight excluding hydrogens is 241 g/mol. The minimum Gasteiger partial charge on any atom is -0.319 e. The number of halogens is 2. The van der Waals surface area contributed by atoms with Crippen LogP contribution in [0.5, 0.6) is 0 Å². The zero-order valence-corrected chi connectivity index (χ0v) is 9.95. The van der Waals surface area contributed by atoms with Crippen LogP contribution >= 0.6 is 11.6 Å². The molecule has 0 bridgehead atoms. The first-order chi connectivity index (χ1) is 8.08. The lowest BCUT2D eigenvalue weighted by molar-refractivity contribution is 0.596. The molecule has 0 aliphatic rings. The zero-order valence-electron chi connectivity index (χ0n) is 9.19. The van der Waals surface area contributed by atoms with E-state index in [2.05, 4.69) is 9.97 Å². The van der Waals surface area contributed by atoms with Gasteiger partial charge in [-0.05, 0) is 19.1 Å². The fraction of sp³-hybridized carbons (Fsp3) is 0.167. The molecule has 5 heteroatoms. The van der Waals surface area contributed by atoms with Gasteiger partial charge in [-0.3, -0.25) is 9.97 Å². The van der Waals surface area contributed by atoms with Gasteiger partial charge in [0.1, 0.15) is 5.82 Å². The van der Waals surface area contributed by atoms with Gasteiger partial charge in [-0.1, -0.05) is 17.7 Å². The van der Waals surface area contributed by atoms with Crippen molar-refractivity contribution >= 4 is 11.6 Å². The van der Waals surface area contributed by atoms with Crippen molar-refractivity contribution in [3.05, 3.63) is 58.4 Å². The Labute approximate surface area is 103 Å². The standard InChI is InChI=1S/C12H11ClFN3/c1-7-5-17-11(6-16-7)12(15)9-3-2-8(13)4-10(9)14/h2-6,12H,15H2,1H3. The molecule has 0 fully saturated rings. The number of aromatic nitrogens is 2. The first-order valence-corrected chi connectivity index (χ1v) is 5.45. The number of nitrogens with two attached hydrogens (primary N) is 1. The summed E-state index contributed by atoms with van der Waals surface area (Å²) in [5, 5.41) is 0.341. The number of aryl methyl sites for hydroxylation is 1. The number of rotatable bonds is 2. The number of benzene rings is 1. The average Bonchev–Trinajstić information content (AvgIpc) is 2.29. The van der Waals surface area contributed by atoms with Gasteiger partial charge in [0.25, 0.3) is 0 Å². The molecule has 2 rings (SSSR count). The summed E-state index contributed by atoms with van der Waals surface area (Å²) < 4.78 is 13.7. The molecule has 88 valence electrons. The lowest BCUT2D eigenvalue weighted by Crippen LogP contribution is -2.15. The first kappa shape index (κ1) is 12.0. The van der Waals surface area contributed by atoms with Crippen LogP contribution in [0.3, 0.4) is 0 Å². The van der Waals surface area contributed by atoms with Gasteiger partial charge in [0.2, 0.25) is 0 Å². The van der Waals surface area contributed by atoms with E-state index in [0.29, 0.717) is 16.3 Å². The highest BCUT2D eigenvalue weighted by Crippen LogP contribution is 2.22. The molecule has 17 heavy (non-hydrogen) atoms. The summed E-state index contributed by atoms with van der Waals surface area (Å²) in [4.78, 5) is 8.21. The van der Waals surface area contributed by atoms with E-state index in [4.69, 9.17) is 17.3 Å². The first-order valence-electron chi connectivity index (χ1n) is 5.07. The number of nitrogens with zero attached hydrogens (tertiary/aromatic N) is 2. The normalized spacial score (nSPS) is 12.5. The summed E-state index contributed by atoms with van der Waals surface area (Å²) in [5.74, 6) is -0.438. The van der Waals surface area contributed by atoms with E-state index in [-0.39, 0.29) is 0 Å². The second kappa shape index (κ2) is 4.77. The van der Waals surface area contributed by atoms with Crippen LogP contribution in [0.25, 0.3) is 0 Å².